The summed E-state index contributed by atoms with van der Waals surface area (Å²) in [6.07, 6.45) is 2.68. The van der Waals surface area contributed by atoms with Crippen LogP contribution in [-0.2, 0) is 0 Å². The second-order valence-electron chi connectivity index (χ2n) is 6.54. The van der Waals surface area contributed by atoms with Crippen LogP contribution in [0.4, 0.5) is 0 Å². The lowest BCUT2D eigenvalue weighted by atomic mass is 9.93. The quantitative estimate of drug-likeness (QED) is 0.827. The maximum atomic E-state index is 12.6. The predicted molar refractivity (Wildman–Crippen MR) is 98.6 cm³/mol. The lowest BCUT2D eigenvalue weighted by Gasteiger charge is -2.25. The molecular weight excluding hydrogens is 356 g/mol. The highest BCUT2D eigenvalue weighted by atomic mass is 35.5. The van der Waals surface area contributed by atoms with Crippen LogP contribution in [0, 0.1) is 6.92 Å². The first kappa shape index (κ1) is 18.7. The Balaban J connectivity index is 1.81. The normalized spacial score (nSPS) is 20.0. The molecule has 1 heterocycles. The molecule has 0 bridgehead atoms. The van der Waals surface area contributed by atoms with Gasteiger partial charge < -0.3 is 19.7 Å². The Morgan fingerprint density at radius 3 is 2.81 bits per heavy atom. The van der Waals surface area contributed by atoms with Crippen molar-refractivity contribution in [3.63, 3.8) is 0 Å². The number of aromatic nitrogens is 1. The second kappa shape index (κ2) is 8.10. The van der Waals surface area contributed by atoms with E-state index in [0.717, 1.165) is 12.8 Å². The first-order chi connectivity index (χ1) is 12.5. The SMILES string of the molecule is CCOc1cc(Cl)ccc1-c1onc(C(=O)NC2CCC(O)CC2)c1C. The van der Waals surface area contributed by atoms with Crippen LogP contribution < -0.4 is 10.1 Å². The minimum atomic E-state index is -0.259. The van der Waals surface area contributed by atoms with Gasteiger partial charge in [0.15, 0.2) is 11.5 Å². The molecule has 1 aromatic heterocycles. The Morgan fingerprint density at radius 1 is 1.38 bits per heavy atom. The molecule has 1 aliphatic carbocycles. The van der Waals surface area contributed by atoms with Crippen molar-refractivity contribution in [2.24, 2.45) is 0 Å². The number of halogens is 1. The number of ether oxygens (including phenoxy) is 1. The van der Waals surface area contributed by atoms with Crippen molar-refractivity contribution < 1.29 is 19.2 Å². The molecule has 0 radical (unpaired) electrons. The lowest BCUT2D eigenvalue weighted by Crippen LogP contribution is -2.38. The van der Waals surface area contributed by atoms with E-state index >= 15 is 0 Å². The number of carbonyl (C=O) groups is 1. The maximum Gasteiger partial charge on any atom is 0.273 e. The standard InChI is InChI=1S/C19H23ClN2O4/c1-3-25-16-10-12(20)4-9-15(16)18-11(2)17(22-26-18)19(24)21-13-5-7-14(23)8-6-13/h4,9-10,13-14,23H,3,5-8H2,1-2H3,(H,21,24). The van der Waals surface area contributed by atoms with E-state index in [-0.39, 0.29) is 23.7 Å². The summed E-state index contributed by atoms with van der Waals surface area (Å²) in [5.41, 5.74) is 1.63. The van der Waals surface area contributed by atoms with Crippen LogP contribution in [0.5, 0.6) is 5.75 Å². The molecule has 1 amide bonds. The van der Waals surface area contributed by atoms with Crippen molar-refractivity contribution in [3.8, 4) is 17.1 Å². The molecule has 140 valence electrons. The zero-order valence-electron chi connectivity index (χ0n) is 14.9. The van der Waals surface area contributed by atoms with Crippen molar-refractivity contribution in [2.75, 3.05) is 6.61 Å². The molecular formula is C19H23ClN2O4. The van der Waals surface area contributed by atoms with Crippen molar-refractivity contribution in [2.45, 2.75) is 51.7 Å². The molecule has 1 aliphatic rings. The molecule has 6 nitrogen and oxygen atoms in total. The van der Waals surface area contributed by atoms with Gasteiger partial charge in [-0.1, -0.05) is 16.8 Å². The van der Waals surface area contributed by atoms with Gasteiger partial charge in [-0.15, -0.1) is 0 Å². The average molecular weight is 379 g/mol. The number of hydrogen-bond donors (Lipinski definition) is 2. The summed E-state index contributed by atoms with van der Waals surface area (Å²) < 4.78 is 11.1. The molecule has 1 fully saturated rings. The number of hydrogen-bond acceptors (Lipinski definition) is 5. The largest absolute Gasteiger partial charge is 0.493 e. The fourth-order valence-electron chi connectivity index (χ4n) is 3.23. The topological polar surface area (TPSA) is 84.6 Å². The van der Waals surface area contributed by atoms with E-state index in [1.165, 1.54) is 0 Å². The number of aliphatic hydroxyl groups excluding tert-OH is 1. The summed E-state index contributed by atoms with van der Waals surface area (Å²) in [7, 11) is 0. The highest BCUT2D eigenvalue weighted by Crippen LogP contribution is 2.35. The summed E-state index contributed by atoms with van der Waals surface area (Å²) in [5, 5.41) is 17.1. The van der Waals surface area contributed by atoms with Crippen molar-refractivity contribution >= 4 is 17.5 Å². The van der Waals surface area contributed by atoms with Gasteiger partial charge in [-0.25, -0.2) is 0 Å². The van der Waals surface area contributed by atoms with Crippen LogP contribution in [0.25, 0.3) is 11.3 Å². The number of aliphatic hydroxyl groups is 1. The van der Waals surface area contributed by atoms with Crippen LogP contribution in [0.1, 0.15) is 48.7 Å². The van der Waals surface area contributed by atoms with Gasteiger partial charge in [0.25, 0.3) is 5.91 Å². The minimum Gasteiger partial charge on any atom is -0.493 e. The van der Waals surface area contributed by atoms with E-state index in [1.807, 2.05) is 6.92 Å². The molecule has 0 atom stereocenters. The van der Waals surface area contributed by atoms with Crippen LogP contribution in [0.15, 0.2) is 22.7 Å². The molecule has 2 aromatic rings. The molecule has 1 saturated carbocycles. The summed E-state index contributed by atoms with van der Waals surface area (Å²) in [6, 6.07) is 5.31. The molecule has 26 heavy (non-hydrogen) atoms. The Bertz CT molecular complexity index is 782. The third kappa shape index (κ3) is 4.02. The molecule has 1 aromatic carbocycles. The first-order valence-corrected chi connectivity index (χ1v) is 9.25. The zero-order valence-corrected chi connectivity index (χ0v) is 15.7. The number of nitrogens with zero attached hydrogens (tertiary/aromatic N) is 1. The summed E-state index contributed by atoms with van der Waals surface area (Å²) in [6.45, 7) is 4.18. The van der Waals surface area contributed by atoms with Crippen LogP contribution in [0.2, 0.25) is 5.02 Å². The van der Waals surface area contributed by atoms with E-state index in [2.05, 4.69) is 10.5 Å². The second-order valence-corrected chi connectivity index (χ2v) is 6.97. The minimum absolute atomic E-state index is 0.0555. The first-order valence-electron chi connectivity index (χ1n) is 8.87. The molecule has 0 spiro atoms. The van der Waals surface area contributed by atoms with Crippen LogP contribution >= 0.6 is 11.6 Å². The third-order valence-electron chi connectivity index (χ3n) is 4.66. The van der Waals surface area contributed by atoms with Crippen molar-refractivity contribution in [1.82, 2.24) is 10.5 Å². The third-order valence-corrected chi connectivity index (χ3v) is 4.89. The fraction of sp³-hybridized carbons (Fsp3) is 0.474. The number of benzene rings is 1. The van der Waals surface area contributed by atoms with Gasteiger partial charge in [0, 0.05) is 16.6 Å². The molecule has 7 heteroatoms. The highest BCUT2D eigenvalue weighted by Gasteiger charge is 2.26. The zero-order chi connectivity index (χ0) is 18.7. The monoisotopic (exact) mass is 378 g/mol. The van der Waals surface area contributed by atoms with Gasteiger partial charge in [0.2, 0.25) is 0 Å². The maximum absolute atomic E-state index is 12.6. The number of carbonyl (C=O) groups excluding carboxylic acids is 1. The Morgan fingerprint density at radius 2 is 2.12 bits per heavy atom. The van der Waals surface area contributed by atoms with Gasteiger partial charge >= 0.3 is 0 Å². The fourth-order valence-corrected chi connectivity index (χ4v) is 3.39. The summed E-state index contributed by atoms with van der Waals surface area (Å²) in [4.78, 5) is 12.6. The van der Waals surface area contributed by atoms with Gasteiger partial charge in [0.05, 0.1) is 18.3 Å². The van der Waals surface area contributed by atoms with Crippen molar-refractivity contribution in [3.05, 3.63) is 34.5 Å². The average Bonchev–Trinajstić information content (AvgIpc) is 2.99. The van der Waals surface area contributed by atoms with E-state index in [1.54, 1.807) is 25.1 Å². The van der Waals surface area contributed by atoms with E-state index in [0.29, 0.717) is 47.1 Å². The predicted octanol–water partition coefficient (Wildman–Crippen LogP) is 3.74. The Hall–Kier alpha value is -2.05. The van der Waals surface area contributed by atoms with Crippen molar-refractivity contribution in [1.29, 1.82) is 0 Å². The number of rotatable bonds is 5. The van der Waals surface area contributed by atoms with Gasteiger partial charge in [-0.3, -0.25) is 4.79 Å². The van der Waals surface area contributed by atoms with E-state index in [4.69, 9.17) is 20.9 Å². The molecule has 2 N–H and O–H groups in total. The smallest absolute Gasteiger partial charge is 0.273 e. The van der Waals surface area contributed by atoms with Gasteiger partial charge in [0.1, 0.15) is 5.75 Å². The Kier molecular flexibility index (Phi) is 5.84. The summed E-state index contributed by atoms with van der Waals surface area (Å²) in [5.74, 6) is 0.827. The highest BCUT2D eigenvalue weighted by molar-refractivity contribution is 6.30. The Labute approximate surface area is 157 Å². The molecule has 0 unspecified atom stereocenters. The van der Waals surface area contributed by atoms with E-state index in [9.17, 15) is 9.90 Å². The lowest BCUT2D eigenvalue weighted by molar-refractivity contribution is 0.0859. The van der Waals surface area contributed by atoms with E-state index < -0.39 is 0 Å². The van der Waals surface area contributed by atoms with Crippen LogP contribution in [-0.4, -0.2) is 34.9 Å². The number of nitrogens with one attached hydrogen (secondary N) is 1. The van der Waals surface area contributed by atoms with Gasteiger partial charge in [-0.2, -0.15) is 0 Å². The molecule has 3 rings (SSSR count). The summed E-state index contributed by atoms with van der Waals surface area (Å²) >= 11 is 6.05. The number of amides is 1. The van der Waals surface area contributed by atoms with Gasteiger partial charge in [-0.05, 0) is 57.7 Å². The molecule has 0 aliphatic heterocycles. The van der Waals surface area contributed by atoms with Crippen LogP contribution in [0.3, 0.4) is 0 Å². The molecule has 0 saturated heterocycles.